The molecule has 0 bridgehead atoms. The van der Waals surface area contributed by atoms with Gasteiger partial charge < -0.3 is 5.32 Å². The summed E-state index contributed by atoms with van der Waals surface area (Å²) in [4.78, 5) is 11.4. The van der Waals surface area contributed by atoms with Crippen molar-refractivity contribution in [2.75, 3.05) is 6.54 Å². The maximum absolute atomic E-state index is 11.4. The van der Waals surface area contributed by atoms with Crippen LogP contribution in [-0.4, -0.2) is 12.5 Å². The minimum Gasteiger partial charge on any atom is -0.348 e. The topological polar surface area (TPSA) is 29.1 Å². The van der Waals surface area contributed by atoms with Gasteiger partial charge in [-0.25, -0.2) is 0 Å². The van der Waals surface area contributed by atoms with Gasteiger partial charge in [-0.3, -0.25) is 4.79 Å². The molecule has 0 aliphatic heterocycles. The van der Waals surface area contributed by atoms with E-state index in [-0.39, 0.29) is 5.91 Å². The van der Waals surface area contributed by atoms with Crippen LogP contribution in [-0.2, 0) is 11.2 Å². The van der Waals surface area contributed by atoms with Crippen molar-refractivity contribution in [1.29, 1.82) is 0 Å². The summed E-state index contributed by atoms with van der Waals surface area (Å²) in [5, 5.41) is 2.70. The van der Waals surface area contributed by atoms with E-state index in [4.69, 9.17) is 0 Å². The number of rotatable bonds is 5. The predicted octanol–water partition coefficient (Wildman–Crippen LogP) is 3.29. The molecule has 0 aliphatic rings. The average Bonchev–Trinajstić information content (AvgIpc) is 2.34. The Labute approximate surface area is 111 Å². The zero-order valence-corrected chi connectivity index (χ0v) is 11.5. The number of halogens is 1. The van der Waals surface area contributed by atoms with Gasteiger partial charge in [0.25, 0.3) is 0 Å². The van der Waals surface area contributed by atoms with E-state index in [0.29, 0.717) is 6.54 Å². The summed E-state index contributed by atoms with van der Waals surface area (Å²) < 4.78 is 0.756. The first kappa shape index (κ1) is 13.7. The molecule has 2 nitrogen and oxygen atoms in total. The summed E-state index contributed by atoms with van der Waals surface area (Å²) in [5.41, 5.74) is 2.32. The molecule has 0 atom stereocenters. The van der Waals surface area contributed by atoms with E-state index in [1.54, 1.807) is 6.08 Å². The number of carbonyl (C=O) groups is 1. The van der Waals surface area contributed by atoms with Crippen molar-refractivity contribution in [2.24, 2.45) is 0 Å². The first-order valence-corrected chi connectivity index (χ1v) is 6.29. The lowest BCUT2D eigenvalue weighted by atomic mass is 10.1. The average molecular weight is 294 g/mol. The van der Waals surface area contributed by atoms with Gasteiger partial charge in [-0.2, -0.15) is 0 Å². The Kier molecular flexibility index (Phi) is 5.70. The van der Waals surface area contributed by atoms with Crippen LogP contribution in [0.15, 0.2) is 41.4 Å². The van der Waals surface area contributed by atoms with E-state index >= 15 is 0 Å². The smallest absolute Gasteiger partial charge is 0.244 e. The lowest BCUT2D eigenvalue weighted by Crippen LogP contribution is -2.21. The largest absolute Gasteiger partial charge is 0.348 e. The standard InChI is InChI=1S/C14H16BrNO/c1-3-12-4-6-13(7-5-12)8-9-14(17)16-10-11(2)15/h4-9H,2-3,10H2,1H3,(H,16,17)/b9-8+. The summed E-state index contributed by atoms with van der Waals surface area (Å²) in [7, 11) is 0. The van der Waals surface area contributed by atoms with Crippen molar-refractivity contribution in [2.45, 2.75) is 13.3 Å². The fraction of sp³-hybridized carbons (Fsp3) is 0.214. The van der Waals surface area contributed by atoms with Crippen LogP contribution in [0.3, 0.4) is 0 Å². The van der Waals surface area contributed by atoms with Crippen molar-refractivity contribution >= 4 is 27.9 Å². The van der Waals surface area contributed by atoms with Crippen molar-refractivity contribution in [1.82, 2.24) is 5.32 Å². The maximum atomic E-state index is 11.4. The summed E-state index contributed by atoms with van der Waals surface area (Å²) in [5.74, 6) is -0.120. The lowest BCUT2D eigenvalue weighted by molar-refractivity contribution is -0.116. The molecule has 0 spiro atoms. The Morgan fingerprint density at radius 2 is 2.06 bits per heavy atom. The van der Waals surface area contributed by atoms with E-state index in [1.807, 2.05) is 12.1 Å². The second-order valence-corrected chi connectivity index (χ2v) is 4.79. The van der Waals surface area contributed by atoms with Gasteiger partial charge in [0.15, 0.2) is 0 Å². The van der Waals surface area contributed by atoms with Crippen LogP contribution in [0.25, 0.3) is 6.08 Å². The van der Waals surface area contributed by atoms with Gasteiger partial charge in [0, 0.05) is 17.1 Å². The van der Waals surface area contributed by atoms with E-state index in [9.17, 15) is 4.79 Å². The van der Waals surface area contributed by atoms with Gasteiger partial charge >= 0.3 is 0 Å². The number of amides is 1. The van der Waals surface area contributed by atoms with E-state index < -0.39 is 0 Å². The SMILES string of the molecule is C=C(Br)CNC(=O)/C=C/c1ccc(CC)cc1. The number of nitrogens with one attached hydrogen (secondary N) is 1. The van der Waals surface area contributed by atoms with E-state index in [2.05, 4.69) is 46.9 Å². The third-order valence-corrected chi connectivity index (χ3v) is 2.55. The van der Waals surface area contributed by atoms with Crippen LogP contribution >= 0.6 is 15.9 Å². The van der Waals surface area contributed by atoms with Gasteiger partial charge in [-0.05, 0) is 23.6 Å². The highest BCUT2D eigenvalue weighted by Gasteiger charge is 1.95. The molecule has 0 radical (unpaired) electrons. The molecule has 0 saturated heterocycles. The molecule has 0 saturated carbocycles. The molecule has 90 valence electrons. The predicted molar refractivity (Wildman–Crippen MR) is 75.9 cm³/mol. The molecule has 3 heteroatoms. The number of carbonyl (C=O) groups excluding carboxylic acids is 1. The minimum atomic E-state index is -0.120. The molecule has 0 aromatic heterocycles. The van der Waals surface area contributed by atoms with Crippen molar-refractivity contribution in [3.05, 3.63) is 52.5 Å². The van der Waals surface area contributed by atoms with Crippen LogP contribution in [0, 0.1) is 0 Å². The Morgan fingerprint density at radius 1 is 1.41 bits per heavy atom. The Bertz CT molecular complexity index is 420. The van der Waals surface area contributed by atoms with Gasteiger partial charge in [0.05, 0.1) is 0 Å². The van der Waals surface area contributed by atoms with Gasteiger partial charge in [-0.1, -0.05) is 53.7 Å². The molecule has 1 aromatic rings. The molecule has 1 N–H and O–H groups in total. The van der Waals surface area contributed by atoms with E-state index in [1.165, 1.54) is 11.6 Å². The molecular formula is C14H16BrNO. The van der Waals surface area contributed by atoms with Crippen molar-refractivity contribution in [3.63, 3.8) is 0 Å². The fourth-order valence-electron chi connectivity index (χ4n) is 1.28. The third-order valence-electron chi connectivity index (χ3n) is 2.27. The first-order valence-electron chi connectivity index (χ1n) is 5.50. The number of hydrogen-bond donors (Lipinski definition) is 1. The molecule has 1 amide bonds. The Balaban J connectivity index is 2.51. The highest BCUT2D eigenvalue weighted by atomic mass is 79.9. The summed E-state index contributed by atoms with van der Waals surface area (Å²) >= 11 is 3.18. The summed E-state index contributed by atoms with van der Waals surface area (Å²) in [6.45, 7) is 6.20. The van der Waals surface area contributed by atoms with Crippen LogP contribution in [0.2, 0.25) is 0 Å². The van der Waals surface area contributed by atoms with Crippen LogP contribution in [0.4, 0.5) is 0 Å². The molecule has 1 aromatic carbocycles. The van der Waals surface area contributed by atoms with E-state index in [0.717, 1.165) is 16.5 Å². The zero-order chi connectivity index (χ0) is 12.7. The van der Waals surface area contributed by atoms with Crippen molar-refractivity contribution in [3.8, 4) is 0 Å². The molecule has 0 unspecified atom stereocenters. The number of hydrogen-bond acceptors (Lipinski definition) is 1. The number of aryl methyl sites for hydroxylation is 1. The number of benzene rings is 1. The monoisotopic (exact) mass is 293 g/mol. The summed E-state index contributed by atoms with van der Waals surface area (Å²) in [6.07, 6.45) is 4.35. The van der Waals surface area contributed by atoms with Crippen LogP contribution < -0.4 is 5.32 Å². The second kappa shape index (κ2) is 7.07. The highest BCUT2D eigenvalue weighted by Crippen LogP contribution is 2.06. The maximum Gasteiger partial charge on any atom is 0.244 e. The van der Waals surface area contributed by atoms with Gasteiger partial charge in [0.1, 0.15) is 0 Å². The first-order chi connectivity index (χ1) is 8.11. The quantitative estimate of drug-likeness (QED) is 0.830. The second-order valence-electron chi connectivity index (χ2n) is 3.66. The molecular weight excluding hydrogens is 278 g/mol. The van der Waals surface area contributed by atoms with Gasteiger partial charge in [-0.15, -0.1) is 0 Å². The molecule has 0 fully saturated rings. The lowest BCUT2D eigenvalue weighted by Gasteiger charge is -1.99. The zero-order valence-electron chi connectivity index (χ0n) is 9.87. The minimum absolute atomic E-state index is 0.120. The highest BCUT2D eigenvalue weighted by molar-refractivity contribution is 9.11. The molecule has 1 rings (SSSR count). The molecule has 0 heterocycles. The van der Waals surface area contributed by atoms with Gasteiger partial charge in [0.2, 0.25) is 5.91 Å². The normalized spacial score (nSPS) is 10.5. The summed E-state index contributed by atoms with van der Waals surface area (Å²) in [6, 6.07) is 8.15. The van der Waals surface area contributed by atoms with Crippen molar-refractivity contribution < 1.29 is 4.79 Å². The third kappa shape index (κ3) is 5.50. The van der Waals surface area contributed by atoms with Crippen LogP contribution in [0.5, 0.6) is 0 Å². The Hall–Kier alpha value is -1.35. The Morgan fingerprint density at radius 3 is 2.59 bits per heavy atom. The van der Waals surface area contributed by atoms with Crippen LogP contribution in [0.1, 0.15) is 18.1 Å². The molecule has 0 aliphatic carbocycles. The fourth-order valence-corrected chi connectivity index (χ4v) is 1.42. The molecule has 17 heavy (non-hydrogen) atoms.